The number of piperidine rings is 2. The van der Waals surface area contributed by atoms with E-state index in [1.807, 2.05) is 67.8 Å². The second kappa shape index (κ2) is 36.6. The average Bonchev–Trinajstić information content (AvgIpc) is 1.59. The number of rotatable bonds is 15. The van der Waals surface area contributed by atoms with Crippen LogP contribution in [0.2, 0.25) is 5.28 Å². The molecule has 6 aliphatic heterocycles. The number of thiazole rings is 2. The molecule has 6 aromatic rings. The number of nitrogens with zero attached hydrogens (tertiary/aromatic N) is 10. The molecule has 10 heterocycles. The molecule has 120 heavy (non-hydrogen) atoms. The van der Waals surface area contributed by atoms with Gasteiger partial charge in [-0.3, -0.25) is 42.8 Å². The number of imidazole rings is 2. The highest BCUT2D eigenvalue weighted by Crippen LogP contribution is 2.58. The molecule has 10 atom stereocenters. The largest absolute Gasteiger partial charge is 0.459 e. The smallest absolute Gasteiger partial charge is 0.408 e. The minimum atomic E-state index is -3.91. The lowest BCUT2D eigenvalue weighted by Gasteiger charge is -2.30. The third-order valence-electron chi connectivity index (χ3n) is 25.5. The van der Waals surface area contributed by atoms with Crippen LogP contribution in [0.1, 0.15) is 238 Å². The molecule has 4 saturated carbocycles. The van der Waals surface area contributed by atoms with Crippen LogP contribution in [-0.2, 0) is 53.6 Å². The second-order valence-electron chi connectivity index (χ2n) is 36.7. The van der Waals surface area contributed by atoms with Gasteiger partial charge in [-0.15, -0.1) is 22.7 Å². The zero-order valence-electron chi connectivity index (χ0n) is 70.8. The number of likely N-dealkylation sites (tertiary alicyclic amines) is 2. The first kappa shape index (κ1) is 88.6. The van der Waals surface area contributed by atoms with Crippen molar-refractivity contribution in [3.63, 3.8) is 0 Å². The highest BCUT2D eigenvalue weighted by Gasteiger charge is 2.64. The van der Waals surface area contributed by atoms with E-state index in [-0.39, 0.29) is 74.4 Å². The first-order valence-corrected chi connectivity index (χ1v) is 48.5. The first-order chi connectivity index (χ1) is 57.1. The molecule has 6 amide bonds. The normalized spacial score (nSPS) is 27.9. The van der Waals surface area contributed by atoms with Gasteiger partial charge in [-0.25, -0.2) is 36.6 Å². The average molecular weight is 1750 g/mol. The first-order valence-electron chi connectivity index (χ1n) is 43.3. The number of Topliss-reactive ketones (excluding diaryl/α,β-unsaturated/α-hetero) is 1. The summed E-state index contributed by atoms with van der Waals surface area (Å²) in [5.74, 6) is -2.75. The molecule has 10 aliphatic rings. The molecule has 28 nitrogen and oxygen atoms in total. The molecule has 4 aromatic heterocycles. The number of benzene rings is 2. The fourth-order valence-electron chi connectivity index (χ4n) is 18.0. The molecule has 652 valence electrons. The maximum atomic E-state index is 14.8. The van der Waals surface area contributed by atoms with Crippen LogP contribution in [0.4, 0.5) is 4.79 Å². The number of nitrogens with one attached hydrogen (secondary N) is 4. The maximum absolute atomic E-state index is 14.8. The molecule has 2 aromatic carbocycles. The third kappa shape index (κ3) is 20.2. The quantitative estimate of drug-likeness (QED) is 0.0596. The molecular formula is C87H119ClN14O14S4. The molecule has 4 aliphatic carbocycles. The number of carbonyl (C=O) groups is 7. The van der Waals surface area contributed by atoms with Gasteiger partial charge in [-0.05, 0) is 233 Å². The Morgan fingerprint density at radius 2 is 1.17 bits per heavy atom. The number of hydrogen-bond donors (Lipinski definition) is 5. The Morgan fingerprint density at radius 1 is 0.633 bits per heavy atom. The number of ketones is 1. The fraction of sp³-hybridized carbons (Fsp3) is 0.644. The zero-order chi connectivity index (χ0) is 85.5. The van der Waals surface area contributed by atoms with Crippen LogP contribution in [-0.4, -0.2) is 217 Å². The summed E-state index contributed by atoms with van der Waals surface area (Å²) in [6, 6.07) is 9.93. The van der Waals surface area contributed by atoms with Gasteiger partial charge in [-0.1, -0.05) is 69.0 Å². The van der Waals surface area contributed by atoms with Crippen molar-refractivity contribution < 1.29 is 65.0 Å². The van der Waals surface area contributed by atoms with Gasteiger partial charge in [0.1, 0.15) is 50.4 Å². The van der Waals surface area contributed by atoms with Crippen molar-refractivity contribution in [1.82, 2.24) is 68.7 Å². The number of fused-ring (bicyclic) bond motifs is 6. The van der Waals surface area contributed by atoms with Crippen LogP contribution >= 0.6 is 34.3 Å². The van der Waals surface area contributed by atoms with E-state index in [0.717, 1.165) is 133 Å². The van der Waals surface area contributed by atoms with Gasteiger partial charge in [0.15, 0.2) is 5.78 Å². The maximum Gasteiger partial charge on any atom is 0.408 e. The molecule has 4 saturated heterocycles. The van der Waals surface area contributed by atoms with Crippen LogP contribution in [0.15, 0.2) is 71.5 Å². The fourth-order valence-corrected chi connectivity index (χ4v) is 23.0. The minimum Gasteiger partial charge on any atom is -0.459 e. The number of allylic oxidation sites excluding steroid dienone is 3. The Labute approximate surface area is 717 Å². The Kier molecular flexibility index (Phi) is 27.0. The molecule has 16 rings (SSSR count). The number of aromatic nitrogens is 6. The van der Waals surface area contributed by atoms with E-state index in [1.54, 1.807) is 43.4 Å². The van der Waals surface area contributed by atoms with E-state index in [4.69, 9.17) is 36.0 Å². The number of halogens is 1. The van der Waals surface area contributed by atoms with Gasteiger partial charge < -0.3 is 49.4 Å². The van der Waals surface area contributed by atoms with Crippen molar-refractivity contribution in [2.75, 3.05) is 53.4 Å². The lowest BCUT2D eigenvalue weighted by Crippen LogP contribution is -2.58. The zero-order valence-corrected chi connectivity index (χ0v) is 74.8. The second-order valence-corrected chi connectivity index (χ2v) is 42.7. The van der Waals surface area contributed by atoms with Gasteiger partial charge >= 0.3 is 6.09 Å². The molecule has 0 radical (unpaired) electrons. The Hall–Kier alpha value is -7.72. The lowest BCUT2D eigenvalue weighted by atomic mass is 9.91. The van der Waals surface area contributed by atoms with Crippen molar-refractivity contribution >= 4 is 118 Å². The topological polar surface area (TPSA) is 349 Å². The van der Waals surface area contributed by atoms with E-state index >= 15 is 0 Å². The van der Waals surface area contributed by atoms with Gasteiger partial charge in [0.25, 0.3) is 11.9 Å². The van der Waals surface area contributed by atoms with E-state index in [0.29, 0.717) is 74.5 Å². The van der Waals surface area contributed by atoms with Crippen molar-refractivity contribution in [1.29, 1.82) is 0 Å². The SMILES string of the molecule is CC(C)n1c(Cl)nc2c(-c3nc(C4CCN(C)CC4)cs3)cccc21.CC(C)n1c(O[C@@H]2C[C@H]3C(=O)N[C@]4(C(=O)NS(=O)(=O)C5CC5)C[C@H]4/C=C\CCCCC[C@H](NC(=O)OC(C)(C)C)C(=O)N3C2)nc2c(-c3nc(C4CCN(C)CC4)cs3)cccc21.C[C@H]1CCCCC/C=C\[C@@H]2C[C@@]2(C(=O)NS(=O)(=O)C2CC2)CC(=O)[C@@H]2C[C@@H](O)CN2C1=O. The van der Waals surface area contributed by atoms with E-state index in [9.17, 15) is 55.5 Å². The summed E-state index contributed by atoms with van der Waals surface area (Å²) in [5, 5.41) is 21.6. The number of para-hydroxylation sites is 2. The van der Waals surface area contributed by atoms with Crippen LogP contribution in [0.5, 0.6) is 6.01 Å². The minimum absolute atomic E-state index is 0.0113. The Bertz CT molecular complexity index is 5090. The summed E-state index contributed by atoms with van der Waals surface area (Å²) < 4.78 is 71.6. The number of amides is 6. The predicted octanol–water partition coefficient (Wildman–Crippen LogP) is 12.7. The highest BCUT2D eigenvalue weighted by atomic mass is 35.5. The van der Waals surface area contributed by atoms with Crippen molar-refractivity contribution in [3.8, 4) is 27.2 Å². The summed E-state index contributed by atoms with van der Waals surface area (Å²) >= 11 is 9.72. The van der Waals surface area contributed by atoms with Gasteiger partial charge in [0.2, 0.25) is 49.0 Å². The molecule has 0 bridgehead atoms. The number of ether oxygens (including phenoxy) is 2. The molecular weight excluding hydrogens is 1630 g/mol. The van der Waals surface area contributed by atoms with Crippen LogP contribution in [0.3, 0.4) is 0 Å². The summed E-state index contributed by atoms with van der Waals surface area (Å²) in [4.78, 5) is 123. The number of aliphatic hydroxyl groups excluding tert-OH is 1. The van der Waals surface area contributed by atoms with Gasteiger partial charge in [0.05, 0.1) is 57.0 Å². The van der Waals surface area contributed by atoms with E-state index < -0.39 is 113 Å². The third-order valence-corrected chi connectivity index (χ3v) is 31.2. The molecule has 5 N–H and O–H groups in total. The standard InChI is InChI=1S/C45H62N8O8S2.C23H34N2O6S.C19H23ClN4S/c1-27(2)53-35-16-12-14-32(39-46-34(26-62-39)28-19-21-51(6)22-20-28)37(35)48-42(53)60-30-23-36-38(54)49-45(41(56)50-63(58,59)31-17-18-31)24-29(45)13-10-8-7-9-11-15-33(40(55)52(36)25-30)47-43(57)61-44(3,4)5;1-15-7-5-3-2-4-6-8-16-12-23(16,22(29)24-32(30,31)18-9-10-18)13-20(27)19-11-17(26)14-25(19)21(15)28;1-12(2)24-16-6-4-5-14(17(16)22-19(24)20)18-21-15(11-25-18)13-7-9-23(3)10-8-13/h10,12-14,16,26-31,33,36H,7-9,11,15,17-25H2,1-6H3,(H,47,57)(H,49,54)(H,50,56);6,8,15-19,26H,2-5,7,9-14H2,1H3,(H,24,29);4-6,11-13H,7-10H2,1-3H3/b13-10-;8-6-;/t29-,30-,33+,36+,45-;15-,16+,17+,19-,23+;/m10./s1. The number of hydrogen-bond acceptors (Lipinski definition) is 22. The number of carbonyl (C=O) groups excluding carboxylic acids is 7. The predicted molar refractivity (Wildman–Crippen MR) is 463 cm³/mol. The molecule has 0 unspecified atom stereocenters. The summed E-state index contributed by atoms with van der Waals surface area (Å²) in [7, 11) is -3.28. The number of alkyl carbamates (subject to hydrolysis) is 1. The van der Waals surface area contributed by atoms with Crippen molar-refractivity contribution in [3.05, 3.63) is 88.1 Å². The Morgan fingerprint density at radius 3 is 1.73 bits per heavy atom. The van der Waals surface area contributed by atoms with Crippen molar-refractivity contribution in [2.24, 2.45) is 23.2 Å². The van der Waals surface area contributed by atoms with E-state index in [1.165, 1.54) is 28.3 Å². The monoisotopic (exact) mass is 1750 g/mol. The lowest BCUT2D eigenvalue weighted by molar-refractivity contribution is -0.141. The molecule has 33 heteroatoms. The number of sulfonamides is 2. The van der Waals surface area contributed by atoms with Gasteiger partial charge in [-0.2, -0.15) is 4.98 Å². The van der Waals surface area contributed by atoms with Crippen LogP contribution in [0.25, 0.3) is 43.2 Å². The molecule has 0 spiro atoms. The van der Waals surface area contributed by atoms with E-state index in [2.05, 4.69) is 96.3 Å². The molecule has 8 fully saturated rings. The Balaban J connectivity index is 0.000000170. The summed E-state index contributed by atoms with van der Waals surface area (Å²) in [5.41, 5.74) is 4.52. The summed E-state index contributed by atoms with van der Waals surface area (Å²) in [6.07, 6.45) is 20.5. The van der Waals surface area contributed by atoms with Crippen molar-refractivity contribution in [2.45, 2.75) is 279 Å². The van der Waals surface area contributed by atoms with Crippen LogP contribution < -0.4 is 24.8 Å². The van der Waals surface area contributed by atoms with Crippen LogP contribution in [0, 0.1) is 23.2 Å². The summed E-state index contributed by atoms with van der Waals surface area (Å²) in [6.45, 7) is 19.9. The highest BCUT2D eigenvalue weighted by molar-refractivity contribution is 7.91. The number of aliphatic hydroxyl groups is 1. The van der Waals surface area contributed by atoms with Gasteiger partial charge in [0, 0.05) is 83.4 Å².